The Balaban J connectivity index is 1.98. The molecule has 1 aliphatic heterocycles. The highest BCUT2D eigenvalue weighted by atomic mass is 16.6. The number of likely N-dealkylation sites (tertiary alicyclic amines) is 1. The van der Waals surface area contributed by atoms with Crippen molar-refractivity contribution in [1.82, 2.24) is 9.88 Å². The number of amides is 2. The SMILES string of the molecule is CC(C)(C)OC(=O)Nc1ccc(C[C@H]2C[C@H](O)CN2C(=O)OC(C)(C)C)nc1. The van der Waals surface area contributed by atoms with Crippen molar-refractivity contribution in [2.75, 3.05) is 11.9 Å². The Morgan fingerprint density at radius 3 is 2.36 bits per heavy atom. The van der Waals surface area contributed by atoms with Gasteiger partial charge in [0, 0.05) is 18.2 Å². The number of anilines is 1. The first kappa shape index (κ1) is 21.9. The van der Waals surface area contributed by atoms with Crippen LogP contribution < -0.4 is 5.32 Å². The first-order valence-corrected chi connectivity index (χ1v) is 9.45. The van der Waals surface area contributed by atoms with Crippen LogP contribution in [0.2, 0.25) is 0 Å². The lowest BCUT2D eigenvalue weighted by Gasteiger charge is -2.28. The minimum Gasteiger partial charge on any atom is -0.444 e. The molecule has 1 aliphatic rings. The minimum atomic E-state index is -0.595. The number of rotatable bonds is 3. The number of ether oxygens (including phenoxy) is 2. The molecule has 0 aromatic carbocycles. The highest BCUT2D eigenvalue weighted by molar-refractivity contribution is 5.84. The first-order chi connectivity index (χ1) is 12.8. The van der Waals surface area contributed by atoms with E-state index in [4.69, 9.17) is 9.47 Å². The van der Waals surface area contributed by atoms with Gasteiger partial charge in [-0.25, -0.2) is 9.59 Å². The van der Waals surface area contributed by atoms with Crippen LogP contribution in [-0.4, -0.2) is 57.1 Å². The zero-order valence-corrected chi connectivity index (χ0v) is 17.5. The van der Waals surface area contributed by atoms with E-state index in [0.29, 0.717) is 18.5 Å². The van der Waals surface area contributed by atoms with Crippen LogP contribution in [0.5, 0.6) is 0 Å². The van der Waals surface area contributed by atoms with E-state index in [0.717, 1.165) is 5.69 Å². The topological polar surface area (TPSA) is 101 Å². The molecule has 1 aromatic rings. The third kappa shape index (κ3) is 6.99. The molecule has 2 rings (SSSR count). The fourth-order valence-electron chi connectivity index (χ4n) is 2.91. The van der Waals surface area contributed by atoms with Gasteiger partial charge in [0.05, 0.1) is 24.5 Å². The van der Waals surface area contributed by atoms with Gasteiger partial charge in [0.25, 0.3) is 0 Å². The van der Waals surface area contributed by atoms with Crippen molar-refractivity contribution < 1.29 is 24.2 Å². The number of nitrogens with zero attached hydrogens (tertiary/aromatic N) is 2. The number of aliphatic hydroxyl groups excluding tert-OH is 1. The Labute approximate surface area is 166 Å². The molecule has 1 aromatic heterocycles. The number of aliphatic hydroxyl groups is 1. The van der Waals surface area contributed by atoms with Crippen LogP contribution in [0.1, 0.15) is 53.7 Å². The number of nitrogens with one attached hydrogen (secondary N) is 1. The molecule has 0 saturated carbocycles. The van der Waals surface area contributed by atoms with Crippen LogP contribution in [0, 0.1) is 0 Å². The van der Waals surface area contributed by atoms with Crippen LogP contribution in [0.4, 0.5) is 15.3 Å². The molecule has 2 N–H and O–H groups in total. The van der Waals surface area contributed by atoms with Gasteiger partial charge in [-0.3, -0.25) is 10.3 Å². The largest absolute Gasteiger partial charge is 0.444 e. The van der Waals surface area contributed by atoms with E-state index in [1.165, 1.54) is 0 Å². The Hall–Kier alpha value is -2.35. The lowest BCUT2D eigenvalue weighted by Crippen LogP contribution is -2.41. The number of hydrogen-bond acceptors (Lipinski definition) is 6. The van der Waals surface area contributed by atoms with E-state index in [1.54, 1.807) is 44.0 Å². The molecule has 1 fully saturated rings. The molecule has 2 amide bonds. The normalized spacial score (nSPS) is 20.0. The summed E-state index contributed by atoms with van der Waals surface area (Å²) in [6, 6.07) is 3.32. The smallest absolute Gasteiger partial charge is 0.412 e. The van der Waals surface area contributed by atoms with Gasteiger partial charge in [0.2, 0.25) is 0 Å². The van der Waals surface area contributed by atoms with Gasteiger partial charge in [-0.05, 0) is 60.1 Å². The third-order valence-corrected chi connectivity index (χ3v) is 3.94. The van der Waals surface area contributed by atoms with Crippen molar-refractivity contribution in [3.05, 3.63) is 24.0 Å². The van der Waals surface area contributed by atoms with Crippen LogP contribution in [0.25, 0.3) is 0 Å². The molecule has 156 valence electrons. The zero-order chi connectivity index (χ0) is 21.1. The summed E-state index contributed by atoms with van der Waals surface area (Å²) < 4.78 is 10.6. The second-order valence-electron chi connectivity index (χ2n) is 9.05. The number of β-amino-alcohol motifs (C(OH)–C–C–N with tert-alkyl or cyclic N) is 1. The summed E-state index contributed by atoms with van der Waals surface area (Å²) >= 11 is 0. The fraction of sp³-hybridized carbons (Fsp3) is 0.650. The van der Waals surface area contributed by atoms with E-state index >= 15 is 0 Å². The predicted molar refractivity (Wildman–Crippen MR) is 105 cm³/mol. The van der Waals surface area contributed by atoms with Gasteiger partial charge < -0.3 is 19.5 Å². The molecular formula is C20H31N3O5. The average Bonchev–Trinajstić information content (AvgIpc) is 2.86. The number of hydrogen-bond donors (Lipinski definition) is 2. The second kappa shape index (κ2) is 8.34. The molecule has 8 heteroatoms. The number of aromatic nitrogens is 1. The maximum absolute atomic E-state index is 12.4. The Bertz CT molecular complexity index is 691. The number of pyridine rings is 1. The molecule has 0 bridgehead atoms. The lowest BCUT2D eigenvalue weighted by molar-refractivity contribution is 0.0208. The van der Waals surface area contributed by atoms with E-state index in [9.17, 15) is 14.7 Å². The molecular weight excluding hydrogens is 362 g/mol. The van der Waals surface area contributed by atoms with E-state index in [1.807, 2.05) is 20.8 Å². The Kier molecular flexibility index (Phi) is 6.54. The molecule has 1 saturated heterocycles. The Morgan fingerprint density at radius 1 is 1.18 bits per heavy atom. The molecule has 0 unspecified atom stereocenters. The van der Waals surface area contributed by atoms with Gasteiger partial charge in [0.1, 0.15) is 11.2 Å². The van der Waals surface area contributed by atoms with Gasteiger partial charge >= 0.3 is 12.2 Å². The van der Waals surface area contributed by atoms with Crippen LogP contribution in [-0.2, 0) is 15.9 Å². The summed E-state index contributed by atoms with van der Waals surface area (Å²) in [5.41, 5.74) is 0.102. The van der Waals surface area contributed by atoms with Gasteiger partial charge in [0.15, 0.2) is 0 Å². The summed E-state index contributed by atoms with van der Waals surface area (Å²) in [5.74, 6) is 0. The zero-order valence-electron chi connectivity index (χ0n) is 17.5. The van der Waals surface area contributed by atoms with Crippen molar-refractivity contribution >= 4 is 17.9 Å². The third-order valence-electron chi connectivity index (χ3n) is 3.94. The maximum atomic E-state index is 12.4. The summed E-state index contributed by atoms with van der Waals surface area (Å²) in [5, 5.41) is 12.6. The van der Waals surface area contributed by atoms with Crippen molar-refractivity contribution in [3.63, 3.8) is 0 Å². The van der Waals surface area contributed by atoms with Gasteiger partial charge in [-0.15, -0.1) is 0 Å². The highest BCUT2D eigenvalue weighted by Gasteiger charge is 2.37. The first-order valence-electron chi connectivity index (χ1n) is 9.45. The standard InChI is InChI=1S/C20H31N3O5/c1-19(2,3)27-17(25)22-14-8-7-13(21-11-14)9-15-10-16(24)12-23(15)18(26)28-20(4,5)6/h7-8,11,15-16,24H,9-10,12H2,1-6H3,(H,22,25)/t15-,16-/m0/s1. The highest BCUT2D eigenvalue weighted by Crippen LogP contribution is 2.24. The summed E-state index contributed by atoms with van der Waals surface area (Å²) in [7, 11) is 0. The van der Waals surface area contributed by atoms with E-state index in [2.05, 4.69) is 10.3 Å². The minimum absolute atomic E-state index is 0.193. The Morgan fingerprint density at radius 2 is 1.82 bits per heavy atom. The van der Waals surface area contributed by atoms with Crippen molar-refractivity contribution in [1.29, 1.82) is 0 Å². The maximum Gasteiger partial charge on any atom is 0.412 e. The molecule has 2 atom stereocenters. The second-order valence-corrected chi connectivity index (χ2v) is 9.05. The number of carbonyl (C=O) groups is 2. The summed E-state index contributed by atoms with van der Waals surface area (Å²) in [6.07, 6.45) is 0.949. The van der Waals surface area contributed by atoms with Crippen LogP contribution in [0.3, 0.4) is 0 Å². The van der Waals surface area contributed by atoms with E-state index < -0.39 is 29.5 Å². The molecule has 0 spiro atoms. The average molecular weight is 393 g/mol. The predicted octanol–water partition coefficient (Wildman–Crippen LogP) is 3.34. The van der Waals surface area contributed by atoms with Gasteiger partial charge in [-0.1, -0.05) is 0 Å². The fourth-order valence-corrected chi connectivity index (χ4v) is 2.91. The summed E-state index contributed by atoms with van der Waals surface area (Å²) in [4.78, 5) is 30.1. The van der Waals surface area contributed by atoms with Crippen LogP contribution in [0.15, 0.2) is 18.3 Å². The molecule has 0 radical (unpaired) electrons. The van der Waals surface area contributed by atoms with Gasteiger partial charge in [-0.2, -0.15) is 0 Å². The molecule has 0 aliphatic carbocycles. The summed E-state index contributed by atoms with van der Waals surface area (Å²) in [6.45, 7) is 11.1. The van der Waals surface area contributed by atoms with Crippen molar-refractivity contribution in [2.45, 2.75) is 77.7 Å². The van der Waals surface area contributed by atoms with Crippen molar-refractivity contribution in [3.8, 4) is 0 Å². The lowest BCUT2D eigenvalue weighted by atomic mass is 10.1. The molecule has 2 heterocycles. The molecule has 8 nitrogen and oxygen atoms in total. The number of carbonyl (C=O) groups excluding carboxylic acids is 2. The molecule has 28 heavy (non-hydrogen) atoms. The monoisotopic (exact) mass is 393 g/mol. The van der Waals surface area contributed by atoms with E-state index in [-0.39, 0.29) is 12.6 Å². The quantitative estimate of drug-likeness (QED) is 0.817. The van der Waals surface area contributed by atoms with Crippen molar-refractivity contribution in [2.24, 2.45) is 0 Å². The van der Waals surface area contributed by atoms with Crippen LogP contribution >= 0.6 is 0 Å².